The normalized spacial score (nSPS) is 13.0. The number of anilines is 3. The van der Waals surface area contributed by atoms with Crippen molar-refractivity contribution < 1.29 is 0 Å². The van der Waals surface area contributed by atoms with Gasteiger partial charge in [-0.05, 0) is 106 Å². The maximum absolute atomic E-state index is 2.51. The summed E-state index contributed by atoms with van der Waals surface area (Å²) in [6.07, 6.45) is 0. The molecule has 0 heterocycles. The second-order valence-electron chi connectivity index (χ2n) is 15.7. The van der Waals surface area contributed by atoms with Crippen molar-refractivity contribution >= 4 is 60.2 Å². The van der Waals surface area contributed by atoms with Gasteiger partial charge in [-0.15, -0.1) is 0 Å². The summed E-state index contributed by atoms with van der Waals surface area (Å²) in [4.78, 5) is 2.51. The van der Waals surface area contributed by atoms with Crippen molar-refractivity contribution in [3.05, 3.63) is 211 Å². The van der Waals surface area contributed by atoms with Crippen LogP contribution in [0.1, 0.15) is 25.0 Å². The fraction of sp³-hybridized carbons (Fsp3) is 0.0545. The molecule has 10 aromatic carbocycles. The van der Waals surface area contributed by atoms with E-state index in [0.717, 1.165) is 11.4 Å². The van der Waals surface area contributed by atoms with Crippen LogP contribution in [0.3, 0.4) is 0 Å². The highest BCUT2D eigenvalue weighted by molar-refractivity contribution is 6.28. The van der Waals surface area contributed by atoms with Crippen LogP contribution in [0.2, 0.25) is 0 Å². The van der Waals surface area contributed by atoms with E-state index < -0.39 is 0 Å². The molecule has 1 heteroatoms. The van der Waals surface area contributed by atoms with E-state index in [0.29, 0.717) is 0 Å². The zero-order valence-electron chi connectivity index (χ0n) is 31.5. The second kappa shape index (κ2) is 12.5. The number of fused-ring (bicyclic) bond motifs is 10. The molecule has 0 saturated heterocycles. The minimum absolute atomic E-state index is 0.193. The molecular weight excluding hydrogens is 675 g/mol. The first-order valence-corrected chi connectivity index (χ1v) is 19.6. The molecule has 0 unspecified atom stereocenters. The van der Waals surface area contributed by atoms with Crippen LogP contribution in [-0.2, 0) is 5.41 Å². The van der Waals surface area contributed by atoms with E-state index in [4.69, 9.17) is 0 Å². The van der Waals surface area contributed by atoms with Crippen LogP contribution in [0, 0.1) is 0 Å². The Bertz CT molecular complexity index is 3150. The van der Waals surface area contributed by atoms with Gasteiger partial charge in [-0.2, -0.15) is 0 Å². The molecule has 1 aliphatic rings. The summed E-state index contributed by atoms with van der Waals surface area (Å²) in [6.45, 7) is 4.77. The number of hydrogen-bond donors (Lipinski definition) is 0. The fourth-order valence-corrected chi connectivity index (χ4v) is 9.66. The van der Waals surface area contributed by atoms with Gasteiger partial charge in [0.1, 0.15) is 0 Å². The summed E-state index contributed by atoms with van der Waals surface area (Å²) < 4.78 is 0. The fourth-order valence-electron chi connectivity index (χ4n) is 9.66. The van der Waals surface area contributed by atoms with Gasteiger partial charge in [0.2, 0.25) is 0 Å². The quantitative estimate of drug-likeness (QED) is 0.161. The van der Waals surface area contributed by atoms with Crippen LogP contribution in [0.5, 0.6) is 0 Å². The Balaban J connectivity index is 1.18. The van der Waals surface area contributed by atoms with E-state index in [1.54, 1.807) is 0 Å². The summed E-state index contributed by atoms with van der Waals surface area (Å²) in [5.74, 6) is 0. The molecule has 0 atom stereocenters. The molecule has 1 nitrogen and oxygen atoms in total. The topological polar surface area (TPSA) is 3.24 Å². The minimum Gasteiger partial charge on any atom is -0.310 e. The number of rotatable bonds is 5. The Hall–Kier alpha value is -6.96. The SMILES string of the molecule is CC1(C)c2ccccc2-c2cccc(N(c3ccc(-c4ccccc4)cc3)c3ccccc3-c3cccc4c3ccc3ccc5ccc6ccccc6c5c34)c21. The van der Waals surface area contributed by atoms with Crippen LogP contribution in [0.15, 0.2) is 200 Å². The lowest BCUT2D eigenvalue weighted by molar-refractivity contribution is 0.661. The molecule has 0 aromatic heterocycles. The van der Waals surface area contributed by atoms with E-state index in [1.807, 2.05) is 0 Å². The maximum Gasteiger partial charge on any atom is 0.0540 e. The molecule has 0 aliphatic heterocycles. The van der Waals surface area contributed by atoms with Gasteiger partial charge in [-0.1, -0.05) is 190 Å². The average molecular weight is 714 g/mol. The predicted octanol–water partition coefficient (Wildman–Crippen LogP) is 15.4. The number of benzene rings is 10. The van der Waals surface area contributed by atoms with Crippen LogP contribution >= 0.6 is 0 Å². The number of hydrogen-bond acceptors (Lipinski definition) is 1. The third-order valence-corrected chi connectivity index (χ3v) is 12.2. The Morgan fingerprint density at radius 2 is 0.893 bits per heavy atom. The zero-order valence-corrected chi connectivity index (χ0v) is 31.5. The van der Waals surface area contributed by atoms with Gasteiger partial charge < -0.3 is 4.90 Å². The van der Waals surface area contributed by atoms with Crippen molar-refractivity contribution in [2.24, 2.45) is 0 Å². The van der Waals surface area contributed by atoms with Crippen LogP contribution in [0.25, 0.3) is 76.5 Å². The molecule has 56 heavy (non-hydrogen) atoms. The van der Waals surface area contributed by atoms with Gasteiger partial charge in [0.25, 0.3) is 0 Å². The molecule has 0 spiro atoms. The van der Waals surface area contributed by atoms with Crippen molar-refractivity contribution in [2.75, 3.05) is 4.90 Å². The lowest BCUT2D eigenvalue weighted by atomic mass is 9.81. The van der Waals surface area contributed by atoms with Crippen LogP contribution in [-0.4, -0.2) is 0 Å². The molecule has 11 rings (SSSR count). The van der Waals surface area contributed by atoms with Crippen molar-refractivity contribution in [3.63, 3.8) is 0 Å². The van der Waals surface area contributed by atoms with Gasteiger partial charge in [0, 0.05) is 16.7 Å². The third kappa shape index (κ3) is 4.87. The molecule has 10 aromatic rings. The average Bonchev–Trinajstić information content (AvgIpc) is 3.50. The van der Waals surface area contributed by atoms with Gasteiger partial charge >= 0.3 is 0 Å². The van der Waals surface area contributed by atoms with Crippen molar-refractivity contribution in [3.8, 4) is 33.4 Å². The third-order valence-electron chi connectivity index (χ3n) is 12.2. The van der Waals surface area contributed by atoms with Gasteiger partial charge in [-0.25, -0.2) is 0 Å². The summed E-state index contributed by atoms with van der Waals surface area (Å²) in [5.41, 5.74) is 13.5. The lowest BCUT2D eigenvalue weighted by Crippen LogP contribution is -2.21. The Labute approximate surface area is 327 Å². The highest BCUT2D eigenvalue weighted by atomic mass is 15.1. The predicted molar refractivity (Wildman–Crippen MR) is 240 cm³/mol. The van der Waals surface area contributed by atoms with E-state index in [9.17, 15) is 0 Å². The van der Waals surface area contributed by atoms with Gasteiger partial charge in [0.05, 0.1) is 11.4 Å². The lowest BCUT2D eigenvalue weighted by Gasteiger charge is -2.33. The van der Waals surface area contributed by atoms with Crippen molar-refractivity contribution in [1.82, 2.24) is 0 Å². The molecule has 0 fully saturated rings. The van der Waals surface area contributed by atoms with Gasteiger partial charge in [0.15, 0.2) is 0 Å². The summed E-state index contributed by atoms with van der Waals surface area (Å²) in [7, 11) is 0. The Kier molecular flexibility index (Phi) is 7.28. The number of para-hydroxylation sites is 1. The van der Waals surface area contributed by atoms with Gasteiger partial charge in [-0.3, -0.25) is 0 Å². The standard InChI is InChI=1S/C55H39N/c1-55(2)49-23-10-8-18-45(49)48-22-13-25-51(54(48)55)56(41-33-30-37(31-34-41)36-14-4-3-5-15-36)50-24-11-9-19-46(50)43-20-12-21-47-44(43)35-32-40-29-28-39-27-26-38-16-6-7-17-42(38)52(39)53(40)47/h3-35H,1-2H3. The molecule has 0 saturated carbocycles. The maximum atomic E-state index is 2.51. The Morgan fingerprint density at radius 3 is 1.71 bits per heavy atom. The van der Waals surface area contributed by atoms with E-state index in [1.165, 1.54) is 93.3 Å². The zero-order chi connectivity index (χ0) is 37.4. The summed E-state index contributed by atoms with van der Waals surface area (Å²) in [6, 6.07) is 73.9. The summed E-state index contributed by atoms with van der Waals surface area (Å²) >= 11 is 0. The monoisotopic (exact) mass is 713 g/mol. The highest BCUT2D eigenvalue weighted by Crippen LogP contribution is 2.55. The van der Waals surface area contributed by atoms with Crippen LogP contribution in [0.4, 0.5) is 17.1 Å². The van der Waals surface area contributed by atoms with Crippen molar-refractivity contribution in [1.29, 1.82) is 0 Å². The highest BCUT2D eigenvalue weighted by Gasteiger charge is 2.39. The van der Waals surface area contributed by atoms with E-state index in [2.05, 4.69) is 219 Å². The molecular formula is C55H39N. The second-order valence-corrected chi connectivity index (χ2v) is 15.7. The first kappa shape index (κ1) is 32.5. The first-order chi connectivity index (χ1) is 27.6. The Morgan fingerprint density at radius 1 is 0.339 bits per heavy atom. The molecule has 1 aliphatic carbocycles. The van der Waals surface area contributed by atoms with E-state index in [-0.39, 0.29) is 5.41 Å². The molecule has 264 valence electrons. The van der Waals surface area contributed by atoms with Crippen molar-refractivity contribution in [2.45, 2.75) is 19.3 Å². The largest absolute Gasteiger partial charge is 0.310 e. The molecule has 0 radical (unpaired) electrons. The molecule has 0 N–H and O–H groups in total. The minimum atomic E-state index is -0.193. The molecule has 0 bridgehead atoms. The smallest absolute Gasteiger partial charge is 0.0540 e. The van der Waals surface area contributed by atoms with E-state index >= 15 is 0 Å². The summed E-state index contributed by atoms with van der Waals surface area (Å²) in [5, 5.41) is 10.2. The molecule has 0 amide bonds. The first-order valence-electron chi connectivity index (χ1n) is 19.6. The van der Waals surface area contributed by atoms with Crippen LogP contribution < -0.4 is 4.90 Å². The number of nitrogens with zero attached hydrogens (tertiary/aromatic N) is 1.